The highest BCUT2D eigenvalue weighted by Crippen LogP contribution is 2.26. The number of hydrogen-bond donors (Lipinski definition) is 3. The van der Waals surface area contributed by atoms with Gasteiger partial charge in [-0.15, -0.1) is 0 Å². The fraction of sp³-hybridized carbons (Fsp3) is 0.304. The van der Waals surface area contributed by atoms with Crippen molar-refractivity contribution in [2.45, 2.75) is 45.6 Å². The average molecular weight is 457 g/mol. The lowest BCUT2D eigenvalue weighted by Crippen LogP contribution is -2.51. The minimum atomic E-state index is -3.95. The first kappa shape index (κ1) is 23.5. The van der Waals surface area contributed by atoms with Crippen LogP contribution in [-0.4, -0.2) is 30.8 Å². The second-order valence-corrected chi connectivity index (χ2v) is 9.70. The number of nitrogens with zero attached hydrogens (tertiary/aromatic N) is 1. The molecule has 0 saturated heterocycles. The lowest BCUT2D eigenvalue weighted by Gasteiger charge is -2.19. The number of aromatic nitrogens is 1. The van der Waals surface area contributed by atoms with Crippen molar-refractivity contribution in [3.05, 3.63) is 64.3 Å². The average Bonchev–Trinajstić information content (AvgIpc) is 3.07. The van der Waals surface area contributed by atoms with Crippen LogP contribution in [0.1, 0.15) is 39.5 Å². The molecule has 2 amide bonds. The summed E-state index contributed by atoms with van der Waals surface area (Å²) in [7, 11) is -2.13. The van der Waals surface area contributed by atoms with Crippen molar-refractivity contribution in [1.82, 2.24) is 20.1 Å². The molecule has 1 atom stereocenters. The summed E-state index contributed by atoms with van der Waals surface area (Å²) in [5.74, 6) is -1.17. The monoisotopic (exact) mass is 456 g/mol. The normalized spacial score (nSPS) is 12.6. The molecule has 1 aromatic heterocycles. The van der Waals surface area contributed by atoms with E-state index in [1.54, 1.807) is 20.0 Å². The van der Waals surface area contributed by atoms with Crippen LogP contribution in [0, 0.1) is 27.7 Å². The third kappa shape index (κ3) is 4.39. The number of benzene rings is 2. The van der Waals surface area contributed by atoms with E-state index in [-0.39, 0.29) is 4.90 Å². The van der Waals surface area contributed by atoms with Gasteiger partial charge in [-0.25, -0.2) is 8.42 Å². The smallest absolute Gasteiger partial charge is 0.271 e. The van der Waals surface area contributed by atoms with Gasteiger partial charge in [0.1, 0.15) is 0 Å². The highest BCUT2D eigenvalue weighted by Gasteiger charge is 2.27. The summed E-state index contributed by atoms with van der Waals surface area (Å²) in [6, 6.07) is 8.23. The van der Waals surface area contributed by atoms with Gasteiger partial charge >= 0.3 is 0 Å². The van der Waals surface area contributed by atoms with Gasteiger partial charge in [0.15, 0.2) is 0 Å². The molecular weight excluding hydrogens is 428 g/mol. The standard InChI is InChI=1S/C23H28N4O4S/c1-13-11-14(2)16(4)21(15(13)3)32(30,31)26-17(5)22(28)24-25-23(29)19-12-27(6)20-10-8-7-9-18(19)20/h7-12,17,26H,1-6H3,(H,24,28)(H,25,29)/t17-/m0/s1. The molecule has 2 aromatic carbocycles. The predicted molar refractivity (Wildman–Crippen MR) is 124 cm³/mol. The van der Waals surface area contributed by atoms with E-state index in [1.807, 2.05) is 55.8 Å². The van der Waals surface area contributed by atoms with E-state index >= 15 is 0 Å². The van der Waals surface area contributed by atoms with Crippen LogP contribution in [0.2, 0.25) is 0 Å². The van der Waals surface area contributed by atoms with Crippen LogP contribution in [0.3, 0.4) is 0 Å². The summed E-state index contributed by atoms with van der Waals surface area (Å²) >= 11 is 0. The molecule has 8 nitrogen and oxygen atoms in total. The Balaban J connectivity index is 1.72. The molecule has 0 unspecified atom stereocenters. The van der Waals surface area contributed by atoms with Crippen LogP contribution in [0.5, 0.6) is 0 Å². The topological polar surface area (TPSA) is 109 Å². The molecule has 9 heteroatoms. The zero-order valence-corrected chi connectivity index (χ0v) is 19.8. The van der Waals surface area contributed by atoms with Crippen molar-refractivity contribution in [2.75, 3.05) is 0 Å². The van der Waals surface area contributed by atoms with Gasteiger partial charge < -0.3 is 4.57 Å². The number of amides is 2. The van der Waals surface area contributed by atoms with Crippen LogP contribution in [0.25, 0.3) is 10.9 Å². The number of carbonyl (C=O) groups excluding carboxylic acids is 2. The fourth-order valence-electron chi connectivity index (χ4n) is 3.75. The molecule has 0 aliphatic heterocycles. The highest BCUT2D eigenvalue weighted by molar-refractivity contribution is 7.89. The van der Waals surface area contributed by atoms with E-state index in [0.717, 1.165) is 22.0 Å². The molecule has 0 aliphatic carbocycles. The maximum Gasteiger partial charge on any atom is 0.271 e. The van der Waals surface area contributed by atoms with Crippen molar-refractivity contribution in [3.63, 3.8) is 0 Å². The third-order valence-corrected chi connectivity index (χ3v) is 7.55. The first-order valence-electron chi connectivity index (χ1n) is 10.2. The quantitative estimate of drug-likeness (QED) is 0.513. The van der Waals surface area contributed by atoms with Gasteiger partial charge in [-0.3, -0.25) is 20.4 Å². The molecular formula is C23H28N4O4S. The molecule has 0 bridgehead atoms. The zero-order chi connectivity index (χ0) is 23.8. The van der Waals surface area contributed by atoms with Gasteiger partial charge in [-0.2, -0.15) is 4.72 Å². The van der Waals surface area contributed by atoms with Gasteiger partial charge in [0.25, 0.3) is 11.8 Å². The Morgan fingerprint density at radius 2 is 1.56 bits per heavy atom. The Hall–Kier alpha value is -3.17. The minimum absolute atomic E-state index is 0.175. The van der Waals surface area contributed by atoms with Gasteiger partial charge in [0, 0.05) is 24.1 Å². The number of fused-ring (bicyclic) bond motifs is 1. The maximum atomic E-state index is 13.0. The summed E-state index contributed by atoms with van der Waals surface area (Å²) < 4.78 is 30.3. The van der Waals surface area contributed by atoms with Gasteiger partial charge in [0.05, 0.1) is 16.5 Å². The summed E-state index contributed by atoms with van der Waals surface area (Å²) in [5, 5.41) is 0.747. The largest absolute Gasteiger partial charge is 0.350 e. The molecule has 3 rings (SSSR count). The summed E-state index contributed by atoms with van der Waals surface area (Å²) in [5.41, 5.74) is 8.93. The van der Waals surface area contributed by atoms with Crippen molar-refractivity contribution in [2.24, 2.45) is 7.05 Å². The predicted octanol–water partition coefficient (Wildman–Crippen LogP) is 2.54. The summed E-state index contributed by atoms with van der Waals surface area (Å²) in [6.07, 6.45) is 1.67. The van der Waals surface area contributed by atoms with E-state index in [1.165, 1.54) is 6.92 Å². The number of para-hydroxylation sites is 1. The Morgan fingerprint density at radius 3 is 2.19 bits per heavy atom. The van der Waals surface area contributed by atoms with Crippen LogP contribution >= 0.6 is 0 Å². The van der Waals surface area contributed by atoms with Gasteiger partial charge in [0.2, 0.25) is 10.0 Å². The second-order valence-electron chi connectivity index (χ2n) is 8.05. The number of hydrazine groups is 1. The number of hydrogen-bond acceptors (Lipinski definition) is 4. The highest BCUT2D eigenvalue weighted by atomic mass is 32.2. The van der Waals surface area contributed by atoms with Crippen molar-refractivity contribution in [3.8, 4) is 0 Å². The molecule has 0 saturated carbocycles. The Labute approximate surface area is 188 Å². The van der Waals surface area contributed by atoms with Crippen molar-refractivity contribution >= 4 is 32.7 Å². The molecule has 3 N–H and O–H groups in total. The molecule has 1 heterocycles. The summed E-state index contributed by atoms with van der Waals surface area (Å²) in [6.45, 7) is 8.60. The molecule has 0 spiro atoms. The zero-order valence-electron chi connectivity index (χ0n) is 19.0. The number of sulfonamides is 1. The third-order valence-electron chi connectivity index (χ3n) is 5.73. The Morgan fingerprint density at radius 1 is 0.969 bits per heavy atom. The van der Waals surface area contributed by atoms with Gasteiger partial charge in [-0.1, -0.05) is 24.3 Å². The molecule has 0 aliphatic rings. The van der Waals surface area contributed by atoms with Crippen molar-refractivity contribution in [1.29, 1.82) is 0 Å². The van der Waals surface area contributed by atoms with E-state index in [4.69, 9.17) is 0 Å². The van der Waals surface area contributed by atoms with E-state index in [0.29, 0.717) is 16.7 Å². The minimum Gasteiger partial charge on any atom is -0.350 e. The Bertz CT molecular complexity index is 1300. The van der Waals surface area contributed by atoms with E-state index in [2.05, 4.69) is 15.6 Å². The first-order valence-corrected chi connectivity index (χ1v) is 11.7. The summed E-state index contributed by atoms with van der Waals surface area (Å²) in [4.78, 5) is 25.3. The fourth-order valence-corrected chi connectivity index (χ4v) is 5.56. The number of carbonyl (C=O) groups is 2. The number of aryl methyl sites for hydroxylation is 3. The molecule has 0 fully saturated rings. The van der Waals surface area contributed by atoms with E-state index in [9.17, 15) is 18.0 Å². The molecule has 32 heavy (non-hydrogen) atoms. The van der Waals surface area contributed by atoms with Crippen LogP contribution < -0.4 is 15.6 Å². The number of rotatable bonds is 5. The SMILES string of the molecule is Cc1cc(C)c(C)c(S(=O)(=O)N[C@@H](C)C(=O)NNC(=O)c2cn(C)c3ccccc23)c1C. The molecule has 3 aromatic rings. The lowest BCUT2D eigenvalue weighted by atomic mass is 10.0. The van der Waals surface area contributed by atoms with Gasteiger partial charge in [-0.05, 0) is 62.9 Å². The molecule has 170 valence electrons. The molecule has 0 radical (unpaired) electrons. The van der Waals surface area contributed by atoms with Crippen LogP contribution in [0.4, 0.5) is 0 Å². The van der Waals surface area contributed by atoms with Crippen LogP contribution in [0.15, 0.2) is 41.4 Å². The van der Waals surface area contributed by atoms with Crippen LogP contribution in [-0.2, 0) is 21.9 Å². The van der Waals surface area contributed by atoms with Crippen molar-refractivity contribution < 1.29 is 18.0 Å². The number of nitrogens with one attached hydrogen (secondary N) is 3. The van der Waals surface area contributed by atoms with E-state index < -0.39 is 27.9 Å². The first-order chi connectivity index (χ1) is 14.9. The Kier molecular flexibility index (Phi) is 6.43. The lowest BCUT2D eigenvalue weighted by molar-refractivity contribution is -0.123. The maximum absolute atomic E-state index is 13.0. The second kappa shape index (κ2) is 8.76.